The van der Waals surface area contributed by atoms with Crippen LogP contribution in [0.2, 0.25) is 0 Å². The maximum atomic E-state index is 12.5. The molecule has 0 bridgehead atoms. The molecule has 0 aliphatic heterocycles. The van der Waals surface area contributed by atoms with Gasteiger partial charge >= 0.3 is 0 Å². The summed E-state index contributed by atoms with van der Waals surface area (Å²) >= 11 is 0. The quantitative estimate of drug-likeness (QED) is 0.946. The largest absolute Gasteiger partial charge is 0.345 e. The van der Waals surface area contributed by atoms with Gasteiger partial charge in [-0.15, -0.1) is 0 Å². The summed E-state index contributed by atoms with van der Waals surface area (Å²) in [5.41, 5.74) is 3.24. The van der Waals surface area contributed by atoms with E-state index in [0.717, 1.165) is 12.8 Å². The van der Waals surface area contributed by atoms with Crippen molar-refractivity contribution in [3.8, 4) is 0 Å². The molecule has 0 spiro atoms. The molecule has 1 amide bonds. The van der Waals surface area contributed by atoms with E-state index in [-0.39, 0.29) is 11.9 Å². The average Bonchev–Trinajstić information content (AvgIpc) is 2.94. The Hall–Kier alpha value is -2.10. The van der Waals surface area contributed by atoms with E-state index < -0.39 is 0 Å². The van der Waals surface area contributed by atoms with Crippen molar-refractivity contribution in [1.29, 1.82) is 0 Å². The Morgan fingerprint density at radius 1 is 1.36 bits per heavy atom. The molecule has 4 nitrogen and oxygen atoms in total. The first-order valence-electron chi connectivity index (χ1n) is 7.93. The predicted molar refractivity (Wildman–Crippen MR) is 86.5 cm³/mol. The summed E-state index contributed by atoms with van der Waals surface area (Å²) < 4.78 is 1.66. The van der Waals surface area contributed by atoms with Gasteiger partial charge in [0.1, 0.15) is 0 Å². The van der Waals surface area contributed by atoms with Crippen LogP contribution in [0.3, 0.4) is 0 Å². The molecule has 0 saturated heterocycles. The number of fused-ring (bicyclic) bond motifs is 1. The molecule has 0 fully saturated rings. The Morgan fingerprint density at radius 2 is 2.14 bits per heavy atom. The fourth-order valence-corrected chi connectivity index (χ4v) is 3.45. The molecule has 3 rings (SSSR count). The molecule has 1 aliphatic carbocycles. The molecule has 0 saturated carbocycles. The summed E-state index contributed by atoms with van der Waals surface area (Å²) in [7, 11) is 1.82. The van der Waals surface area contributed by atoms with Crippen molar-refractivity contribution in [1.82, 2.24) is 15.1 Å². The summed E-state index contributed by atoms with van der Waals surface area (Å²) in [5.74, 6) is 0.962. The Kier molecular flexibility index (Phi) is 4.01. The van der Waals surface area contributed by atoms with Gasteiger partial charge in [-0.25, -0.2) is 0 Å². The van der Waals surface area contributed by atoms with Crippen molar-refractivity contribution < 1.29 is 4.79 Å². The highest BCUT2D eigenvalue weighted by atomic mass is 16.1. The average molecular weight is 297 g/mol. The van der Waals surface area contributed by atoms with Crippen LogP contribution in [0.5, 0.6) is 0 Å². The number of hydrogen-bond donors (Lipinski definition) is 1. The van der Waals surface area contributed by atoms with Crippen LogP contribution in [-0.4, -0.2) is 15.7 Å². The van der Waals surface area contributed by atoms with Crippen LogP contribution in [-0.2, 0) is 13.5 Å². The fraction of sp³-hybridized carbons (Fsp3) is 0.444. The molecule has 0 radical (unpaired) electrons. The van der Waals surface area contributed by atoms with Gasteiger partial charge in [0.2, 0.25) is 0 Å². The lowest BCUT2D eigenvalue weighted by atomic mass is 9.74. The molecule has 2 atom stereocenters. The number of nitrogens with zero attached hydrogens (tertiary/aromatic N) is 2. The predicted octanol–water partition coefficient (Wildman–Crippen LogP) is 3.11. The van der Waals surface area contributed by atoms with Gasteiger partial charge in [0, 0.05) is 13.2 Å². The van der Waals surface area contributed by atoms with Crippen LogP contribution in [0.1, 0.15) is 47.8 Å². The molecule has 116 valence electrons. The minimum Gasteiger partial charge on any atom is -0.345 e. The Labute approximate surface area is 131 Å². The zero-order valence-electron chi connectivity index (χ0n) is 13.4. The van der Waals surface area contributed by atoms with Gasteiger partial charge in [-0.3, -0.25) is 9.48 Å². The number of carbonyl (C=O) groups excluding carboxylic acids is 1. The highest BCUT2D eigenvalue weighted by Gasteiger charge is 2.32. The van der Waals surface area contributed by atoms with E-state index in [4.69, 9.17) is 0 Å². The van der Waals surface area contributed by atoms with Crippen molar-refractivity contribution >= 4 is 5.91 Å². The zero-order valence-corrected chi connectivity index (χ0v) is 13.4. The summed E-state index contributed by atoms with van der Waals surface area (Å²) in [4.78, 5) is 12.5. The van der Waals surface area contributed by atoms with Crippen molar-refractivity contribution in [3.05, 3.63) is 53.3 Å². The number of benzene rings is 1. The minimum atomic E-state index is -0.0412. The third kappa shape index (κ3) is 2.78. The van der Waals surface area contributed by atoms with Crippen molar-refractivity contribution in [2.45, 2.75) is 32.7 Å². The van der Waals surface area contributed by atoms with Crippen LogP contribution in [0, 0.1) is 11.8 Å². The maximum absolute atomic E-state index is 12.5. The Bertz CT molecular complexity index is 674. The second-order valence-corrected chi connectivity index (χ2v) is 6.50. The second-order valence-electron chi connectivity index (χ2n) is 6.50. The molecule has 2 aromatic rings. The summed E-state index contributed by atoms with van der Waals surface area (Å²) in [5, 5.41) is 7.33. The molecule has 1 heterocycles. The molecular formula is C18H23N3O. The first-order valence-corrected chi connectivity index (χ1v) is 7.93. The molecular weight excluding hydrogens is 274 g/mol. The van der Waals surface area contributed by atoms with E-state index in [0.29, 0.717) is 17.4 Å². The molecule has 1 N–H and O–H groups in total. The maximum Gasteiger partial charge on any atom is 0.254 e. The standard InChI is InChI=1S/C18H23N3O/c1-12(2)15-9-8-13-6-4-5-7-16(13)17(15)20-18(22)14-10-19-21(3)11-14/h4-7,10-12,15,17H,8-9H2,1-3H3,(H,20,22). The topological polar surface area (TPSA) is 46.9 Å². The highest BCUT2D eigenvalue weighted by molar-refractivity contribution is 5.94. The molecule has 2 unspecified atom stereocenters. The number of nitrogens with one attached hydrogen (secondary N) is 1. The Balaban J connectivity index is 1.89. The van der Waals surface area contributed by atoms with Crippen LogP contribution < -0.4 is 5.32 Å². The molecule has 4 heteroatoms. The fourth-order valence-electron chi connectivity index (χ4n) is 3.45. The van der Waals surface area contributed by atoms with E-state index >= 15 is 0 Å². The van der Waals surface area contributed by atoms with Crippen molar-refractivity contribution in [3.63, 3.8) is 0 Å². The van der Waals surface area contributed by atoms with E-state index in [9.17, 15) is 4.79 Å². The first kappa shape index (κ1) is 14.8. The lowest BCUT2D eigenvalue weighted by Crippen LogP contribution is -2.38. The summed E-state index contributed by atoms with van der Waals surface area (Å²) in [6.07, 6.45) is 5.59. The molecule has 1 aliphatic rings. The van der Waals surface area contributed by atoms with Gasteiger partial charge in [-0.2, -0.15) is 5.10 Å². The number of aromatic nitrogens is 2. The van der Waals surface area contributed by atoms with Crippen molar-refractivity contribution in [2.24, 2.45) is 18.9 Å². The lowest BCUT2D eigenvalue weighted by Gasteiger charge is -2.36. The number of hydrogen-bond acceptors (Lipinski definition) is 2. The third-order valence-electron chi connectivity index (χ3n) is 4.68. The van der Waals surface area contributed by atoms with Gasteiger partial charge in [0.15, 0.2) is 0 Å². The van der Waals surface area contributed by atoms with E-state index in [1.807, 2.05) is 7.05 Å². The van der Waals surface area contributed by atoms with Crippen LogP contribution in [0.15, 0.2) is 36.7 Å². The number of rotatable bonds is 3. The van der Waals surface area contributed by atoms with Gasteiger partial charge in [0.25, 0.3) is 5.91 Å². The van der Waals surface area contributed by atoms with Crippen molar-refractivity contribution in [2.75, 3.05) is 0 Å². The Morgan fingerprint density at radius 3 is 2.82 bits per heavy atom. The number of carbonyl (C=O) groups is 1. The number of amides is 1. The number of aryl methyl sites for hydroxylation is 2. The van der Waals surface area contributed by atoms with Gasteiger partial charge in [-0.05, 0) is 35.8 Å². The summed E-state index contributed by atoms with van der Waals surface area (Å²) in [6, 6.07) is 8.55. The van der Waals surface area contributed by atoms with Gasteiger partial charge in [0.05, 0.1) is 17.8 Å². The monoisotopic (exact) mass is 297 g/mol. The molecule has 1 aromatic heterocycles. The van der Waals surface area contributed by atoms with Crippen LogP contribution >= 0.6 is 0 Å². The lowest BCUT2D eigenvalue weighted by molar-refractivity contribution is 0.0904. The van der Waals surface area contributed by atoms with Gasteiger partial charge < -0.3 is 5.32 Å². The third-order valence-corrected chi connectivity index (χ3v) is 4.68. The highest BCUT2D eigenvalue weighted by Crippen LogP contribution is 2.38. The first-order chi connectivity index (χ1) is 10.6. The molecule has 22 heavy (non-hydrogen) atoms. The zero-order chi connectivity index (χ0) is 15.7. The van der Waals surface area contributed by atoms with E-state index in [1.54, 1.807) is 17.1 Å². The minimum absolute atomic E-state index is 0.0412. The van der Waals surface area contributed by atoms with E-state index in [1.165, 1.54) is 11.1 Å². The van der Waals surface area contributed by atoms with Gasteiger partial charge in [-0.1, -0.05) is 38.1 Å². The van der Waals surface area contributed by atoms with Crippen LogP contribution in [0.4, 0.5) is 0 Å². The smallest absolute Gasteiger partial charge is 0.254 e. The van der Waals surface area contributed by atoms with E-state index in [2.05, 4.69) is 48.5 Å². The SMILES string of the molecule is CC(C)C1CCc2ccccc2C1NC(=O)c1cnn(C)c1. The molecule has 1 aromatic carbocycles. The second kappa shape index (κ2) is 5.95. The summed E-state index contributed by atoms with van der Waals surface area (Å²) in [6.45, 7) is 4.48. The van der Waals surface area contributed by atoms with Crippen LogP contribution in [0.25, 0.3) is 0 Å². The normalized spacial score (nSPS) is 20.7.